The normalized spacial score (nSPS) is 11.0. The smallest absolute Gasteiger partial charge is 0.195 e. The number of hydrogen-bond donors (Lipinski definition) is 1. The predicted octanol–water partition coefficient (Wildman–Crippen LogP) is 3.02. The van der Waals surface area contributed by atoms with E-state index >= 15 is 0 Å². The number of aryl methyl sites for hydroxylation is 1. The van der Waals surface area contributed by atoms with Crippen molar-refractivity contribution in [3.05, 3.63) is 23.0 Å². The lowest BCUT2D eigenvalue weighted by Crippen LogP contribution is -1.84. The first-order valence-corrected chi connectivity index (χ1v) is 4.93. The average Bonchev–Trinajstić information content (AvgIpc) is 2.48. The van der Waals surface area contributed by atoms with Crippen LogP contribution in [0.1, 0.15) is 19.2 Å². The number of halogens is 1. The lowest BCUT2D eigenvalue weighted by Gasteiger charge is -1.93. The van der Waals surface area contributed by atoms with Crippen molar-refractivity contribution in [2.75, 3.05) is 5.73 Å². The Kier molecular flexibility index (Phi) is 2.33. The number of nitrogens with two attached hydrogens (primary N) is 1. The van der Waals surface area contributed by atoms with Gasteiger partial charge in [0.15, 0.2) is 11.5 Å². The monoisotopic (exact) mass is 210 g/mol. The molecule has 0 saturated carbocycles. The molecule has 0 amide bonds. The van der Waals surface area contributed by atoms with E-state index in [1.807, 2.05) is 0 Å². The van der Waals surface area contributed by atoms with Gasteiger partial charge in [-0.1, -0.05) is 18.5 Å². The maximum Gasteiger partial charge on any atom is 0.195 e. The van der Waals surface area contributed by atoms with Gasteiger partial charge in [-0.25, -0.2) is 4.98 Å². The van der Waals surface area contributed by atoms with Gasteiger partial charge >= 0.3 is 0 Å². The average molecular weight is 211 g/mol. The van der Waals surface area contributed by atoms with E-state index in [1.165, 1.54) is 0 Å². The minimum atomic E-state index is 0.523. The Morgan fingerprint density at radius 3 is 3.00 bits per heavy atom. The van der Waals surface area contributed by atoms with Gasteiger partial charge in [-0.15, -0.1) is 0 Å². The van der Waals surface area contributed by atoms with E-state index in [9.17, 15) is 0 Å². The number of aromatic nitrogens is 1. The van der Waals surface area contributed by atoms with Gasteiger partial charge in [0, 0.05) is 12.1 Å². The van der Waals surface area contributed by atoms with Gasteiger partial charge in [0.2, 0.25) is 0 Å². The number of hydrogen-bond acceptors (Lipinski definition) is 3. The molecule has 0 radical (unpaired) electrons. The summed E-state index contributed by atoms with van der Waals surface area (Å²) in [5, 5.41) is 0.523. The third kappa shape index (κ3) is 1.55. The van der Waals surface area contributed by atoms with Crippen molar-refractivity contribution >= 4 is 28.4 Å². The maximum atomic E-state index is 5.96. The van der Waals surface area contributed by atoms with Crippen LogP contribution < -0.4 is 5.73 Å². The molecule has 0 saturated heterocycles. The predicted molar refractivity (Wildman–Crippen MR) is 57.4 cm³/mol. The quantitative estimate of drug-likeness (QED) is 0.776. The Labute approximate surface area is 86.9 Å². The van der Waals surface area contributed by atoms with Crippen LogP contribution in [0.4, 0.5) is 5.69 Å². The number of rotatable bonds is 2. The van der Waals surface area contributed by atoms with Crippen LogP contribution in [-0.2, 0) is 6.42 Å². The molecule has 0 unspecified atom stereocenters. The van der Waals surface area contributed by atoms with E-state index in [1.54, 1.807) is 12.1 Å². The zero-order valence-corrected chi connectivity index (χ0v) is 8.64. The molecule has 0 atom stereocenters. The molecule has 0 bridgehead atoms. The van der Waals surface area contributed by atoms with Gasteiger partial charge in [0.1, 0.15) is 5.52 Å². The molecule has 3 nitrogen and oxygen atoms in total. The molecule has 4 heteroatoms. The van der Waals surface area contributed by atoms with Crippen LogP contribution >= 0.6 is 11.6 Å². The molecule has 0 spiro atoms. The van der Waals surface area contributed by atoms with E-state index < -0.39 is 0 Å². The zero-order valence-electron chi connectivity index (χ0n) is 7.88. The maximum absolute atomic E-state index is 5.96. The first-order valence-electron chi connectivity index (χ1n) is 4.55. The summed E-state index contributed by atoms with van der Waals surface area (Å²) in [7, 11) is 0. The highest BCUT2D eigenvalue weighted by molar-refractivity contribution is 6.35. The van der Waals surface area contributed by atoms with Crippen LogP contribution in [0.25, 0.3) is 11.1 Å². The van der Waals surface area contributed by atoms with E-state index in [2.05, 4.69) is 11.9 Å². The van der Waals surface area contributed by atoms with Crippen molar-refractivity contribution in [1.29, 1.82) is 0 Å². The molecule has 2 N–H and O–H groups in total. The molecular formula is C10H11ClN2O. The lowest BCUT2D eigenvalue weighted by atomic mass is 10.3. The highest BCUT2D eigenvalue weighted by Gasteiger charge is 2.09. The first kappa shape index (κ1) is 9.34. The largest absolute Gasteiger partial charge is 0.439 e. The number of nitrogens with zero attached hydrogens (tertiary/aromatic N) is 1. The van der Waals surface area contributed by atoms with Gasteiger partial charge < -0.3 is 10.2 Å². The summed E-state index contributed by atoms with van der Waals surface area (Å²) in [6.45, 7) is 2.07. The number of benzene rings is 1. The van der Waals surface area contributed by atoms with Crippen LogP contribution in [0.2, 0.25) is 5.02 Å². The first-order chi connectivity index (χ1) is 6.70. The Morgan fingerprint density at radius 2 is 2.29 bits per heavy atom. The molecule has 2 aromatic rings. The fourth-order valence-electron chi connectivity index (χ4n) is 1.38. The Hall–Kier alpha value is -1.22. The molecule has 2 rings (SSSR count). The van der Waals surface area contributed by atoms with Crippen molar-refractivity contribution < 1.29 is 4.42 Å². The highest BCUT2D eigenvalue weighted by atomic mass is 35.5. The zero-order chi connectivity index (χ0) is 10.1. The molecule has 0 aliphatic rings. The molecule has 14 heavy (non-hydrogen) atoms. The van der Waals surface area contributed by atoms with Crippen LogP contribution in [0, 0.1) is 0 Å². The Morgan fingerprint density at radius 1 is 1.50 bits per heavy atom. The molecular weight excluding hydrogens is 200 g/mol. The number of oxazole rings is 1. The number of nitrogen functional groups attached to an aromatic ring is 1. The molecule has 1 heterocycles. The standard InChI is InChI=1S/C10H11ClN2O/c1-2-3-9-13-8-5-6(12)4-7(11)10(8)14-9/h4-5H,2-3,12H2,1H3. The van der Waals surface area contributed by atoms with Crippen molar-refractivity contribution in [2.24, 2.45) is 0 Å². The van der Waals surface area contributed by atoms with Crippen LogP contribution in [-0.4, -0.2) is 4.98 Å². The van der Waals surface area contributed by atoms with Gasteiger partial charge in [-0.3, -0.25) is 0 Å². The second-order valence-corrected chi connectivity index (χ2v) is 3.62. The minimum Gasteiger partial charge on any atom is -0.439 e. The molecule has 0 fully saturated rings. The molecule has 0 aliphatic carbocycles. The second kappa shape index (κ2) is 3.50. The van der Waals surface area contributed by atoms with Gasteiger partial charge in [0.05, 0.1) is 5.02 Å². The molecule has 1 aromatic carbocycles. The van der Waals surface area contributed by atoms with Crippen LogP contribution in [0.3, 0.4) is 0 Å². The van der Waals surface area contributed by atoms with Crippen molar-refractivity contribution in [3.8, 4) is 0 Å². The van der Waals surface area contributed by atoms with Crippen molar-refractivity contribution in [3.63, 3.8) is 0 Å². The van der Waals surface area contributed by atoms with Gasteiger partial charge in [0.25, 0.3) is 0 Å². The lowest BCUT2D eigenvalue weighted by molar-refractivity contribution is 0.525. The molecule has 0 aliphatic heterocycles. The summed E-state index contributed by atoms with van der Waals surface area (Å²) in [5.74, 6) is 0.718. The van der Waals surface area contributed by atoms with E-state index in [0.717, 1.165) is 24.2 Å². The SMILES string of the molecule is CCCc1nc2cc(N)cc(Cl)c2o1. The Bertz CT molecular complexity index is 464. The van der Waals surface area contributed by atoms with E-state index in [0.29, 0.717) is 16.3 Å². The third-order valence-corrected chi connectivity index (χ3v) is 2.26. The summed E-state index contributed by atoms with van der Waals surface area (Å²) in [5.41, 5.74) is 7.62. The summed E-state index contributed by atoms with van der Waals surface area (Å²) >= 11 is 5.96. The molecule has 74 valence electrons. The fraction of sp³-hybridized carbons (Fsp3) is 0.300. The summed E-state index contributed by atoms with van der Waals surface area (Å²) in [4.78, 5) is 4.29. The van der Waals surface area contributed by atoms with E-state index in [4.69, 9.17) is 21.8 Å². The third-order valence-electron chi connectivity index (χ3n) is 1.98. The number of anilines is 1. The van der Waals surface area contributed by atoms with E-state index in [-0.39, 0.29) is 0 Å². The van der Waals surface area contributed by atoms with Crippen LogP contribution in [0.5, 0.6) is 0 Å². The molecule has 1 aromatic heterocycles. The van der Waals surface area contributed by atoms with Crippen molar-refractivity contribution in [2.45, 2.75) is 19.8 Å². The van der Waals surface area contributed by atoms with Gasteiger partial charge in [-0.2, -0.15) is 0 Å². The van der Waals surface area contributed by atoms with Crippen molar-refractivity contribution in [1.82, 2.24) is 4.98 Å². The minimum absolute atomic E-state index is 0.523. The fourth-order valence-corrected chi connectivity index (χ4v) is 1.64. The van der Waals surface area contributed by atoms with Crippen LogP contribution in [0.15, 0.2) is 16.5 Å². The second-order valence-electron chi connectivity index (χ2n) is 3.21. The summed E-state index contributed by atoms with van der Waals surface area (Å²) in [6, 6.07) is 3.44. The Balaban J connectivity index is 2.58. The summed E-state index contributed by atoms with van der Waals surface area (Å²) < 4.78 is 5.50. The summed E-state index contributed by atoms with van der Waals surface area (Å²) in [6.07, 6.45) is 1.82. The number of fused-ring (bicyclic) bond motifs is 1. The topological polar surface area (TPSA) is 52.0 Å². The highest BCUT2D eigenvalue weighted by Crippen LogP contribution is 2.27. The van der Waals surface area contributed by atoms with Gasteiger partial charge in [-0.05, 0) is 18.6 Å².